The number of nitrogens with zero attached hydrogens (tertiary/aromatic N) is 2. The van der Waals surface area contributed by atoms with Gasteiger partial charge < -0.3 is 5.32 Å². The maximum absolute atomic E-state index is 11.9. The van der Waals surface area contributed by atoms with Crippen LogP contribution in [-0.4, -0.2) is 21.1 Å². The van der Waals surface area contributed by atoms with Gasteiger partial charge in [0.2, 0.25) is 5.91 Å². The number of aromatic amines is 1. The van der Waals surface area contributed by atoms with Crippen molar-refractivity contribution < 1.29 is 4.79 Å². The van der Waals surface area contributed by atoms with Gasteiger partial charge in [0.1, 0.15) is 0 Å². The van der Waals surface area contributed by atoms with Crippen molar-refractivity contribution in [2.75, 3.05) is 0 Å². The summed E-state index contributed by atoms with van der Waals surface area (Å²) in [6.07, 6.45) is 5.48. The SMILES string of the molecule is Cc1cccnc1CC(=O)NC(C)c1cn[nH]c1. The molecule has 0 aliphatic rings. The summed E-state index contributed by atoms with van der Waals surface area (Å²) < 4.78 is 0. The number of nitrogens with one attached hydrogen (secondary N) is 2. The number of rotatable bonds is 4. The molecule has 2 rings (SSSR count). The van der Waals surface area contributed by atoms with Gasteiger partial charge in [-0.2, -0.15) is 5.10 Å². The predicted molar refractivity (Wildman–Crippen MR) is 67.8 cm³/mol. The summed E-state index contributed by atoms with van der Waals surface area (Å²) >= 11 is 0. The van der Waals surface area contributed by atoms with E-state index in [-0.39, 0.29) is 11.9 Å². The first-order chi connectivity index (χ1) is 8.66. The quantitative estimate of drug-likeness (QED) is 0.856. The molecule has 1 atom stereocenters. The Hall–Kier alpha value is -2.17. The van der Waals surface area contributed by atoms with Crippen molar-refractivity contribution in [3.05, 3.63) is 47.5 Å². The van der Waals surface area contributed by atoms with E-state index in [4.69, 9.17) is 0 Å². The third-order valence-corrected chi connectivity index (χ3v) is 2.84. The highest BCUT2D eigenvalue weighted by molar-refractivity contribution is 5.78. The molecule has 94 valence electrons. The maximum atomic E-state index is 11.9. The van der Waals surface area contributed by atoms with E-state index in [0.717, 1.165) is 16.8 Å². The topological polar surface area (TPSA) is 70.7 Å². The number of pyridine rings is 1. The van der Waals surface area contributed by atoms with Gasteiger partial charge in [-0.15, -0.1) is 0 Å². The Bertz CT molecular complexity index is 522. The molecule has 2 heterocycles. The first kappa shape index (κ1) is 12.3. The predicted octanol–water partition coefficient (Wildman–Crippen LogP) is 1.53. The van der Waals surface area contributed by atoms with Crippen LogP contribution in [0.3, 0.4) is 0 Å². The number of hydrogen-bond acceptors (Lipinski definition) is 3. The molecular weight excluding hydrogens is 228 g/mol. The van der Waals surface area contributed by atoms with Gasteiger partial charge in [-0.3, -0.25) is 14.9 Å². The van der Waals surface area contributed by atoms with E-state index < -0.39 is 0 Å². The van der Waals surface area contributed by atoms with Crippen molar-refractivity contribution >= 4 is 5.91 Å². The number of carbonyl (C=O) groups excluding carboxylic acids is 1. The number of aromatic nitrogens is 3. The summed E-state index contributed by atoms with van der Waals surface area (Å²) in [4.78, 5) is 16.1. The van der Waals surface area contributed by atoms with Crippen molar-refractivity contribution in [3.8, 4) is 0 Å². The van der Waals surface area contributed by atoms with Gasteiger partial charge in [-0.1, -0.05) is 6.07 Å². The molecule has 0 saturated heterocycles. The lowest BCUT2D eigenvalue weighted by Gasteiger charge is -2.12. The van der Waals surface area contributed by atoms with E-state index in [1.807, 2.05) is 26.0 Å². The molecule has 18 heavy (non-hydrogen) atoms. The molecule has 0 radical (unpaired) electrons. The highest BCUT2D eigenvalue weighted by Crippen LogP contribution is 2.10. The van der Waals surface area contributed by atoms with Crippen molar-refractivity contribution in [2.24, 2.45) is 0 Å². The fourth-order valence-corrected chi connectivity index (χ4v) is 1.73. The average molecular weight is 244 g/mol. The summed E-state index contributed by atoms with van der Waals surface area (Å²) in [6, 6.07) is 3.76. The monoisotopic (exact) mass is 244 g/mol. The molecule has 5 nitrogen and oxygen atoms in total. The molecule has 1 amide bonds. The lowest BCUT2D eigenvalue weighted by Crippen LogP contribution is -2.28. The largest absolute Gasteiger partial charge is 0.349 e. The minimum atomic E-state index is -0.0553. The van der Waals surface area contributed by atoms with E-state index in [9.17, 15) is 4.79 Å². The van der Waals surface area contributed by atoms with E-state index >= 15 is 0 Å². The van der Waals surface area contributed by atoms with E-state index in [0.29, 0.717) is 6.42 Å². The molecule has 0 aliphatic carbocycles. The average Bonchev–Trinajstić information content (AvgIpc) is 2.85. The maximum Gasteiger partial charge on any atom is 0.226 e. The van der Waals surface area contributed by atoms with Gasteiger partial charge in [-0.05, 0) is 25.5 Å². The zero-order valence-electron chi connectivity index (χ0n) is 10.5. The second kappa shape index (κ2) is 5.44. The van der Waals surface area contributed by atoms with Gasteiger partial charge in [0, 0.05) is 18.0 Å². The van der Waals surface area contributed by atoms with Crippen molar-refractivity contribution in [1.29, 1.82) is 0 Å². The molecule has 5 heteroatoms. The third kappa shape index (κ3) is 2.94. The Morgan fingerprint density at radius 1 is 1.56 bits per heavy atom. The van der Waals surface area contributed by atoms with Crippen LogP contribution in [0.1, 0.15) is 29.8 Å². The molecule has 0 aliphatic heterocycles. The lowest BCUT2D eigenvalue weighted by atomic mass is 10.1. The van der Waals surface area contributed by atoms with Crippen LogP contribution in [0.2, 0.25) is 0 Å². The zero-order valence-corrected chi connectivity index (χ0v) is 10.5. The van der Waals surface area contributed by atoms with Crippen LogP contribution >= 0.6 is 0 Å². The molecule has 0 fully saturated rings. The van der Waals surface area contributed by atoms with Crippen LogP contribution in [0.25, 0.3) is 0 Å². The molecule has 2 N–H and O–H groups in total. The minimum Gasteiger partial charge on any atom is -0.349 e. The van der Waals surface area contributed by atoms with Gasteiger partial charge in [-0.25, -0.2) is 0 Å². The highest BCUT2D eigenvalue weighted by Gasteiger charge is 2.12. The fraction of sp³-hybridized carbons (Fsp3) is 0.308. The standard InChI is InChI=1S/C13H16N4O/c1-9-4-3-5-14-12(9)6-13(18)17-10(2)11-7-15-16-8-11/h3-5,7-8,10H,6H2,1-2H3,(H,15,16)(H,17,18). The Kier molecular flexibility index (Phi) is 3.72. The number of carbonyl (C=O) groups is 1. The van der Waals surface area contributed by atoms with E-state index in [2.05, 4.69) is 20.5 Å². The zero-order chi connectivity index (χ0) is 13.0. The first-order valence-corrected chi connectivity index (χ1v) is 5.85. The second-order valence-corrected chi connectivity index (χ2v) is 4.26. The van der Waals surface area contributed by atoms with E-state index in [1.54, 1.807) is 18.6 Å². The Morgan fingerprint density at radius 2 is 2.39 bits per heavy atom. The van der Waals surface area contributed by atoms with Gasteiger partial charge in [0.15, 0.2) is 0 Å². The van der Waals surface area contributed by atoms with Crippen molar-refractivity contribution in [1.82, 2.24) is 20.5 Å². The Balaban J connectivity index is 1.95. The van der Waals surface area contributed by atoms with Crippen molar-refractivity contribution in [3.63, 3.8) is 0 Å². The van der Waals surface area contributed by atoms with Crippen LogP contribution in [0.15, 0.2) is 30.7 Å². The first-order valence-electron chi connectivity index (χ1n) is 5.85. The lowest BCUT2D eigenvalue weighted by molar-refractivity contribution is -0.121. The summed E-state index contributed by atoms with van der Waals surface area (Å²) in [6.45, 7) is 3.88. The van der Waals surface area contributed by atoms with E-state index in [1.165, 1.54) is 0 Å². The van der Waals surface area contributed by atoms with Crippen LogP contribution < -0.4 is 5.32 Å². The van der Waals surface area contributed by atoms with Crippen LogP contribution in [0.4, 0.5) is 0 Å². The van der Waals surface area contributed by atoms with Gasteiger partial charge >= 0.3 is 0 Å². The highest BCUT2D eigenvalue weighted by atomic mass is 16.1. The minimum absolute atomic E-state index is 0.0366. The molecule has 0 bridgehead atoms. The molecule has 2 aromatic rings. The summed E-state index contributed by atoms with van der Waals surface area (Å²) in [5.41, 5.74) is 2.80. The van der Waals surface area contributed by atoms with Crippen LogP contribution in [0, 0.1) is 6.92 Å². The molecule has 2 aromatic heterocycles. The molecule has 0 spiro atoms. The number of amides is 1. The smallest absolute Gasteiger partial charge is 0.226 e. The molecular formula is C13H16N4O. The van der Waals surface area contributed by atoms with Gasteiger partial charge in [0.25, 0.3) is 0 Å². The number of aryl methyl sites for hydroxylation is 1. The summed E-state index contributed by atoms with van der Waals surface area (Å²) in [5.74, 6) is -0.0366. The molecule has 0 aromatic carbocycles. The van der Waals surface area contributed by atoms with Crippen molar-refractivity contribution in [2.45, 2.75) is 26.3 Å². The number of H-pyrrole nitrogens is 1. The third-order valence-electron chi connectivity index (χ3n) is 2.84. The molecule has 1 unspecified atom stereocenters. The second-order valence-electron chi connectivity index (χ2n) is 4.26. The number of hydrogen-bond donors (Lipinski definition) is 2. The summed E-state index contributed by atoms with van der Waals surface area (Å²) in [7, 11) is 0. The normalized spacial score (nSPS) is 12.1. The van der Waals surface area contributed by atoms with Crippen LogP contribution in [-0.2, 0) is 11.2 Å². The Morgan fingerprint density at radius 3 is 3.06 bits per heavy atom. The Labute approximate surface area is 106 Å². The summed E-state index contributed by atoms with van der Waals surface area (Å²) in [5, 5.41) is 9.51. The van der Waals surface area contributed by atoms with Crippen LogP contribution in [0.5, 0.6) is 0 Å². The van der Waals surface area contributed by atoms with Gasteiger partial charge in [0.05, 0.1) is 24.4 Å². The molecule has 0 saturated carbocycles. The fourth-order valence-electron chi connectivity index (χ4n) is 1.73.